The van der Waals surface area contributed by atoms with E-state index < -0.39 is 59.2 Å². The topological polar surface area (TPSA) is 37.3 Å². The lowest BCUT2D eigenvalue weighted by Gasteiger charge is -2.37. The van der Waals surface area contributed by atoms with Gasteiger partial charge in [0.1, 0.15) is 0 Å². The van der Waals surface area contributed by atoms with Crippen LogP contribution in [-0.2, 0) is 5.92 Å². The molecule has 0 aromatic heterocycles. The van der Waals surface area contributed by atoms with Gasteiger partial charge in [-0.3, -0.25) is 0 Å². The smallest absolute Gasteiger partial charge is 0.382 e. The minimum atomic E-state index is -6.47. The number of rotatable bonds is 9. The number of hydrogen-bond acceptors (Lipinski definition) is 1. The van der Waals surface area contributed by atoms with E-state index in [4.69, 9.17) is 5.11 Å². The van der Waals surface area contributed by atoms with Gasteiger partial charge in [-0.15, -0.1) is 0 Å². The van der Waals surface area contributed by atoms with Crippen molar-refractivity contribution in [2.75, 3.05) is 0 Å². The summed E-state index contributed by atoms with van der Waals surface area (Å²) in [5, 5.41) is 9.08. The number of carbonyl (C=O) groups is 1. The van der Waals surface area contributed by atoms with Gasteiger partial charge in [0.25, 0.3) is 0 Å². The van der Waals surface area contributed by atoms with Crippen LogP contribution < -0.4 is 0 Å². The highest BCUT2D eigenvalue weighted by atomic mass is 19.4. The fourth-order valence-corrected chi connectivity index (χ4v) is 4.21. The molecule has 0 atom stereocenters. The Morgan fingerprint density at radius 1 is 0.969 bits per heavy atom. The van der Waals surface area contributed by atoms with Crippen molar-refractivity contribution in [3.05, 3.63) is 34.9 Å². The summed E-state index contributed by atoms with van der Waals surface area (Å²) in [6.45, 7) is 1.45. The second-order valence-electron chi connectivity index (χ2n) is 8.58. The largest absolute Gasteiger partial charge is 0.478 e. The van der Waals surface area contributed by atoms with Gasteiger partial charge in [0, 0.05) is 12.5 Å². The first-order chi connectivity index (χ1) is 14.6. The second kappa shape index (κ2) is 9.17. The van der Waals surface area contributed by atoms with Gasteiger partial charge in [0.2, 0.25) is 0 Å². The summed E-state index contributed by atoms with van der Waals surface area (Å²) in [5.74, 6) is -26.2. The monoisotopic (exact) mass is 474 g/mol. The van der Waals surface area contributed by atoms with Crippen molar-refractivity contribution < 1.29 is 45.0 Å². The molecule has 0 bridgehead atoms. The molecule has 1 fully saturated rings. The van der Waals surface area contributed by atoms with Crippen LogP contribution in [0.3, 0.4) is 0 Å². The van der Waals surface area contributed by atoms with Gasteiger partial charge >= 0.3 is 29.7 Å². The lowest BCUT2D eigenvalue weighted by molar-refractivity contribution is -0.366. The highest BCUT2D eigenvalue weighted by Crippen LogP contribution is 2.57. The van der Waals surface area contributed by atoms with E-state index in [1.807, 2.05) is 6.92 Å². The Bertz CT molecular complexity index is 809. The first-order valence-corrected chi connectivity index (χ1v) is 10.5. The Kier molecular flexibility index (Phi) is 7.56. The average molecular weight is 474 g/mol. The van der Waals surface area contributed by atoms with Crippen molar-refractivity contribution in [3.63, 3.8) is 0 Å². The quantitative estimate of drug-likeness (QED) is 0.370. The molecule has 1 aromatic carbocycles. The zero-order chi connectivity index (χ0) is 24.5. The van der Waals surface area contributed by atoms with Crippen molar-refractivity contribution in [3.8, 4) is 0 Å². The van der Waals surface area contributed by atoms with Crippen LogP contribution in [-0.4, -0.2) is 28.8 Å². The van der Waals surface area contributed by atoms with E-state index >= 15 is 0 Å². The fourth-order valence-electron chi connectivity index (χ4n) is 4.21. The summed E-state index contributed by atoms with van der Waals surface area (Å²) >= 11 is 0. The van der Waals surface area contributed by atoms with Crippen molar-refractivity contribution in [2.24, 2.45) is 5.92 Å². The molecule has 2 rings (SSSR count). The summed E-state index contributed by atoms with van der Waals surface area (Å²) < 4.78 is 112. The van der Waals surface area contributed by atoms with E-state index in [1.165, 1.54) is 0 Å². The number of hydrogen-bond donors (Lipinski definition) is 1. The van der Waals surface area contributed by atoms with Gasteiger partial charge in [0.15, 0.2) is 0 Å². The molecule has 0 amide bonds. The number of benzene rings is 1. The average Bonchev–Trinajstić information content (AvgIpc) is 2.71. The van der Waals surface area contributed by atoms with Crippen molar-refractivity contribution >= 4 is 5.97 Å². The minimum absolute atomic E-state index is 0.193. The van der Waals surface area contributed by atoms with Gasteiger partial charge < -0.3 is 5.11 Å². The molecular formula is C22H26F8O2. The van der Waals surface area contributed by atoms with Gasteiger partial charge in [0.05, 0.1) is 5.56 Å². The third-order valence-electron chi connectivity index (χ3n) is 6.23. The standard InChI is InChI=1S/C22H26F8O2/c1-3-4-5-13-6-8-14(9-7-13)16-11-10-15(18(31)32)12-17(16)20(25,26)22(29,30)21(27,28)19(2,23)24/h10-14H,3-9H2,1-2H3,(H,31,32). The molecule has 0 spiro atoms. The van der Waals surface area contributed by atoms with Gasteiger partial charge in [-0.2, -0.15) is 35.1 Å². The van der Waals surface area contributed by atoms with Crippen LogP contribution >= 0.6 is 0 Å². The number of alkyl halides is 8. The highest BCUT2D eigenvalue weighted by molar-refractivity contribution is 5.88. The van der Waals surface area contributed by atoms with Crippen LogP contribution in [0.25, 0.3) is 0 Å². The molecule has 0 unspecified atom stereocenters. The fraction of sp³-hybridized carbons (Fsp3) is 0.682. The van der Waals surface area contributed by atoms with Crippen LogP contribution in [0.2, 0.25) is 0 Å². The second-order valence-corrected chi connectivity index (χ2v) is 8.58. The molecule has 32 heavy (non-hydrogen) atoms. The molecule has 0 heterocycles. The Morgan fingerprint density at radius 3 is 2.00 bits per heavy atom. The van der Waals surface area contributed by atoms with Crippen molar-refractivity contribution in [2.45, 2.75) is 88.4 Å². The predicted molar refractivity (Wildman–Crippen MR) is 102 cm³/mol. The maximum Gasteiger partial charge on any atom is 0.382 e. The van der Waals surface area contributed by atoms with E-state index in [0.29, 0.717) is 31.6 Å². The third kappa shape index (κ3) is 4.73. The third-order valence-corrected chi connectivity index (χ3v) is 6.23. The minimum Gasteiger partial charge on any atom is -0.478 e. The first-order valence-electron chi connectivity index (χ1n) is 10.5. The van der Waals surface area contributed by atoms with Crippen molar-refractivity contribution in [1.29, 1.82) is 0 Å². The zero-order valence-corrected chi connectivity index (χ0v) is 17.7. The van der Waals surface area contributed by atoms with E-state index in [2.05, 4.69) is 0 Å². The molecule has 10 heteroatoms. The summed E-state index contributed by atoms with van der Waals surface area (Å²) in [6.07, 6.45) is 4.70. The number of carboxylic acid groups (broad SMARTS) is 1. The summed E-state index contributed by atoms with van der Waals surface area (Å²) in [4.78, 5) is 11.2. The molecule has 0 aliphatic heterocycles. The van der Waals surface area contributed by atoms with Gasteiger partial charge in [-0.1, -0.05) is 32.3 Å². The SMILES string of the molecule is CCCCC1CCC(c2ccc(C(=O)O)cc2C(F)(F)C(F)(F)C(F)(F)C(C)(F)F)CC1. The molecule has 1 N–H and O–H groups in total. The summed E-state index contributed by atoms with van der Waals surface area (Å²) in [5.41, 5.74) is -2.89. The molecular weight excluding hydrogens is 448 g/mol. The maximum atomic E-state index is 14.9. The van der Waals surface area contributed by atoms with E-state index in [0.717, 1.165) is 31.4 Å². The maximum absolute atomic E-state index is 14.9. The number of aromatic carboxylic acids is 1. The van der Waals surface area contributed by atoms with E-state index in [9.17, 15) is 39.9 Å². The number of carboxylic acids is 1. The lowest BCUT2D eigenvalue weighted by Crippen LogP contribution is -2.60. The predicted octanol–water partition coefficient (Wildman–Crippen LogP) is 7.87. The lowest BCUT2D eigenvalue weighted by atomic mass is 9.74. The van der Waals surface area contributed by atoms with Gasteiger partial charge in [-0.25, -0.2) is 4.79 Å². The molecule has 1 aliphatic carbocycles. The number of unbranched alkanes of at least 4 members (excludes halogenated alkanes) is 1. The highest BCUT2D eigenvalue weighted by Gasteiger charge is 2.79. The Labute approximate surface area is 181 Å². The van der Waals surface area contributed by atoms with E-state index in [-0.39, 0.29) is 6.07 Å². The first kappa shape index (κ1) is 26.4. The molecule has 1 aliphatic rings. The molecule has 1 saturated carbocycles. The molecule has 1 aromatic rings. The van der Waals surface area contributed by atoms with E-state index in [1.54, 1.807) is 0 Å². The van der Waals surface area contributed by atoms with Gasteiger partial charge in [-0.05, 0) is 55.2 Å². The van der Waals surface area contributed by atoms with Crippen LogP contribution in [0.4, 0.5) is 35.1 Å². The Balaban J connectivity index is 2.52. The number of halogens is 8. The molecule has 0 radical (unpaired) electrons. The van der Waals surface area contributed by atoms with Crippen LogP contribution in [0.15, 0.2) is 18.2 Å². The summed E-state index contributed by atoms with van der Waals surface area (Å²) in [6, 6.07) is 2.02. The van der Waals surface area contributed by atoms with Crippen LogP contribution in [0, 0.1) is 5.92 Å². The zero-order valence-electron chi connectivity index (χ0n) is 17.7. The summed E-state index contributed by atoms with van der Waals surface area (Å²) in [7, 11) is 0. The molecule has 2 nitrogen and oxygen atoms in total. The van der Waals surface area contributed by atoms with Crippen LogP contribution in [0.1, 0.15) is 86.2 Å². The Hall–Kier alpha value is -1.87. The van der Waals surface area contributed by atoms with Crippen molar-refractivity contribution in [1.82, 2.24) is 0 Å². The molecule has 0 saturated heterocycles. The molecule has 182 valence electrons. The normalized spacial score (nSPS) is 20.9. The van der Waals surface area contributed by atoms with Crippen LogP contribution in [0.5, 0.6) is 0 Å². The Morgan fingerprint density at radius 2 is 1.53 bits per heavy atom.